The molecule has 1 aliphatic rings. The van der Waals surface area contributed by atoms with E-state index in [1.54, 1.807) is 23.2 Å². The van der Waals surface area contributed by atoms with E-state index in [2.05, 4.69) is 45.0 Å². The number of aliphatic imine (C=N–C) groups is 2. The summed E-state index contributed by atoms with van der Waals surface area (Å²) >= 11 is 1.38. The number of para-hydroxylation sites is 1. The van der Waals surface area contributed by atoms with Gasteiger partial charge in [0, 0.05) is 10.1 Å². The molecule has 1 aliphatic heterocycles. The summed E-state index contributed by atoms with van der Waals surface area (Å²) in [6.45, 7) is 4.28. The maximum absolute atomic E-state index is 12.7. The fourth-order valence-electron chi connectivity index (χ4n) is 3.70. The van der Waals surface area contributed by atoms with Crippen LogP contribution < -0.4 is 15.6 Å². The van der Waals surface area contributed by atoms with Crippen molar-refractivity contribution in [2.45, 2.75) is 26.2 Å². The van der Waals surface area contributed by atoms with Crippen molar-refractivity contribution in [2.75, 3.05) is 10.7 Å². The van der Waals surface area contributed by atoms with E-state index >= 15 is 0 Å². The van der Waals surface area contributed by atoms with Crippen LogP contribution >= 0.6 is 11.8 Å². The maximum Gasteiger partial charge on any atom is 0.243 e. The van der Waals surface area contributed by atoms with Gasteiger partial charge in [0.05, 0.1) is 23.3 Å². The number of nitrogens with two attached hydrogens (primary N) is 1. The summed E-state index contributed by atoms with van der Waals surface area (Å²) in [7, 11) is 0. The van der Waals surface area contributed by atoms with Crippen LogP contribution in [-0.4, -0.2) is 35.2 Å². The first kappa shape index (κ1) is 31.8. The molecule has 0 bridgehead atoms. The van der Waals surface area contributed by atoms with E-state index in [1.165, 1.54) is 30.2 Å². The molecule has 2 N–H and O–H groups in total. The molecule has 1 amide bonds. The second kappa shape index (κ2) is 15.2. The van der Waals surface area contributed by atoms with Crippen molar-refractivity contribution < 1.29 is 23.7 Å². The minimum Gasteiger partial charge on any atom is -0.383 e. The molecule has 1 heterocycles. The van der Waals surface area contributed by atoms with E-state index in [0.29, 0.717) is 28.1 Å². The average molecular weight is 571 g/mol. The second-order valence-corrected chi connectivity index (χ2v) is 9.41. The highest BCUT2D eigenvalue weighted by Gasteiger charge is 2.31. The van der Waals surface area contributed by atoms with Gasteiger partial charge in [-0.05, 0) is 53.8 Å². The molecule has 1 atom stereocenters. The van der Waals surface area contributed by atoms with Crippen molar-refractivity contribution in [3.05, 3.63) is 89.5 Å². The van der Waals surface area contributed by atoms with Crippen LogP contribution in [0.4, 0.5) is 25.3 Å². The van der Waals surface area contributed by atoms with Crippen LogP contribution in [0, 0.1) is 0 Å². The molecule has 3 aromatic rings. The van der Waals surface area contributed by atoms with Gasteiger partial charge in [-0.15, -0.1) is 5.10 Å². The quantitative estimate of drug-likeness (QED) is 0.185. The number of amides is 1. The highest BCUT2D eigenvalue weighted by molar-refractivity contribution is 8.15. The number of rotatable bonds is 9. The lowest BCUT2D eigenvalue weighted by molar-refractivity contribution is -0.115. The average Bonchev–Trinajstić information content (AvgIpc) is 3.32. The van der Waals surface area contributed by atoms with Gasteiger partial charge in [0.15, 0.2) is 10.9 Å². The number of carbonyl (C=O) groups is 1. The molecule has 210 valence electrons. The first-order chi connectivity index (χ1) is 18.5. The van der Waals surface area contributed by atoms with Crippen LogP contribution in [0.5, 0.6) is 5.75 Å². The van der Waals surface area contributed by atoms with Crippen molar-refractivity contribution in [2.24, 2.45) is 25.9 Å². The third-order valence-corrected chi connectivity index (χ3v) is 6.89. The van der Waals surface area contributed by atoms with Crippen LogP contribution in [0.15, 0.2) is 93.0 Å². The molecular formula is C28H29F3N6O2S. The number of halogens is 3. The molecule has 8 nitrogen and oxygen atoms in total. The molecule has 0 saturated carbocycles. The lowest BCUT2D eigenvalue weighted by atomic mass is 9.96. The van der Waals surface area contributed by atoms with Gasteiger partial charge in [-0.25, -0.2) is 9.98 Å². The zero-order chi connectivity index (χ0) is 26.9. The van der Waals surface area contributed by atoms with Crippen LogP contribution in [0.3, 0.4) is 0 Å². The van der Waals surface area contributed by atoms with Crippen LogP contribution in [-0.2, 0) is 4.79 Å². The second-order valence-electron chi connectivity index (χ2n) is 8.47. The van der Waals surface area contributed by atoms with Crippen LogP contribution in [0.25, 0.3) is 0 Å². The van der Waals surface area contributed by atoms with E-state index in [0.717, 1.165) is 23.2 Å². The Morgan fingerprint density at radius 1 is 1.10 bits per heavy atom. The van der Waals surface area contributed by atoms with Crippen molar-refractivity contribution in [1.29, 1.82) is 0 Å². The van der Waals surface area contributed by atoms with Gasteiger partial charge in [-0.3, -0.25) is 24.0 Å². The molecule has 40 heavy (non-hydrogen) atoms. The molecule has 0 aliphatic carbocycles. The highest BCUT2D eigenvalue weighted by atomic mass is 32.2. The van der Waals surface area contributed by atoms with Gasteiger partial charge in [0.25, 0.3) is 0 Å². The monoisotopic (exact) mass is 570 g/mol. The van der Waals surface area contributed by atoms with Gasteiger partial charge in [-0.1, -0.05) is 68.1 Å². The van der Waals surface area contributed by atoms with E-state index in [4.69, 9.17) is 5.73 Å². The third-order valence-electron chi connectivity index (χ3n) is 5.97. The van der Waals surface area contributed by atoms with E-state index < -0.39 is 0 Å². The zero-order valence-electron chi connectivity index (χ0n) is 21.8. The molecule has 12 heteroatoms. The van der Waals surface area contributed by atoms with Gasteiger partial charge in [-0.2, -0.15) is 5.10 Å². The number of hydrogen-bond acceptors (Lipinski definition) is 6. The predicted molar refractivity (Wildman–Crippen MR) is 159 cm³/mol. The van der Waals surface area contributed by atoms with E-state index in [9.17, 15) is 9.32 Å². The van der Waals surface area contributed by atoms with Gasteiger partial charge >= 0.3 is 0 Å². The number of anilines is 1. The SMILES string of the molecule is CCC(C)c1ccccc1N1C(=O)CS/C1=N\N=C\c1ccc(C(N)=NC=Nc2ccc(OF)cc2)cc1.F.F. The molecule has 0 spiro atoms. The summed E-state index contributed by atoms with van der Waals surface area (Å²) in [5.41, 5.74) is 10.1. The number of thioether (sulfide) groups is 1. The Bertz CT molecular complexity index is 1400. The number of nitrogens with zero attached hydrogens (tertiary/aromatic N) is 5. The first-order valence-corrected chi connectivity index (χ1v) is 13.0. The Morgan fingerprint density at radius 2 is 1.80 bits per heavy atom. The normalized spacial score (nSPS) is 15.4. The molecule has 3 aromatic carbocycles. The van der Waals surface area contributed by atoms with Crippen LogP contribution in [0.2, 0.25) is 0 Å². The summed E-state index contributed by atoms with van der Waals surface area (Å²) in [5, 5.41) is 9.14. The standard InChI is InChI=1S/C28H27FN6O2S.2FH/c1-3-19(2)24-6-4-5-7-25(24)35-26(36)17-38-28(35)34-33-16-20-8-10-21(11-9-20)27(30)32-18-31-22-12-14-23(37-29)15-13-22;;/h4-16,18-19H,3,17H2,1-2H3,(H2,30,31,32);2*1H/b33-16+,34-28-;;. The topological polar surface area (TPSA) is 105 Å². The first-order valence-electron chi connectivity index (χ1n) is 12.0. The molecule has 1 saturated heterocycles. The minimum absolute atomic E-state index is 0. The van der Waals surface area contributed by atoms with Crippen molar-refractivity contribution >= 4 is 52.6 Å². The molecule has 0 radical (unpaired) electrons. The Balaban J connectivity index is 0.00000280. The minimum atomic E-state index is -0.00634. The Kier molecular flexibility index (Phi) is 12.1. The van der Waals surface area contributed by atoms with E-state index in [1.807, 2.05) is 42.5 Å². The summed E-state index contributed by atoms with van der Waals surface area (Å²) in [6, 6.07) is 21.4. The van der Waals surface area contributed by atoms with Crippen molar-refractivity contribution in [1.82, 2.24) is 0 Å². The summed E-state index contributed by atoms with van der Waals surface area (Å²) in [5.74, 6) is 1.03. The molecule has 1 unspecified atom stereocenters. The van der Waals surface area contributed by atoms with Crippen molar-refractivity contribution in [3.63, 3.8) is 0 Å². The van der Waals surface area contributed by atoms with Gasteiger partial charge < -0.3 is 5.73 Å². The lowest BCUT2D eigenvalue weighted by Gasteiger charge is -2.22. The molecule has 1 fully saturated rings. The Labute approximate surface area is 234 Å². The smallest absolute Gasteiger partial charge is 0.243 e. The van der Waals surface area contributed by atoms with Crippen molar-refractivity contribution in [3.8, 4) is 5.75 Å². The molecule has 4 rings (SSSR count). The number of amidine groups is 2. The van der Waals surface area contributed by atoms with E-state index in [-0.39, 0.29) is 26.9 Å². The fraction of sp³-hybridized carbons (Fsp3) is 0.179. The third kappa shape index (κ3) is 7.79. The zero-order valence-corrected chi connectivity index (χ0v) is 22.6. The molecular weight excluding hydrogens is 541 g/mol. The Morgan fingerprint density at radius 3 is 2.48 bits per heavy atom. The lowest BCUT2D eigenvalue weighted by Crippen LogP contribution is -2.30. The number of hydrogen-bond donors (Lipinski definition) is 1. The maximum atomic E-state index is 12.7. The summed E-state index contributed by atoms with van der Waals surface area (Å²) in [4.78, 5) is 26.3. The predicted octanol–water partition coefficient (Wildman–Crippen LogP) is 6.30. The molecule has 0 aromatic heterocycles. The van der Waals surface area contributed by atoms with Crippen LogP contribution in [0.1, 0.15) is 42.9 Å². The number of carbonyl (C=O) groups excluding carboxylic acids is 1. The Hall–Kier alpha value is -4.45. The largest absolute Gasteiger partial charge is 0.383 e. The van der Waals surface area contributed by atoms with Gasteiger partial charge in [0.1, 0.15) is 12.2 Å². The summed E-state index contributed by atoms with van der Waals surface area (Å²) < 4.78 is 12.1. The fourth-order valence-corrected chi connectivity index (χ4v) is 4.52. The highest BCUT2D eigenvalue weighted by Crippen LogP contribution is 2.34. The van der Waals surface area contributed by atoms with Gasteiger partial charge in [0.2, 0.25) is 5.91 Å². The number of benzene rings is 3. The summed E-state index contributed by atoms with van der Waals surface area (Å²) in [6.07, 6.45) is 3.93.